The van der Waals surface area contributed by atoms with E-state index < -0.39 is 0 Å². The largest absolute Gasteiger partial charge is 0.497 e. The van der Waals surface area contributed by atoms with E-state index in [1.165, 1.54) is 5.56 Å². The van der Waals surface area contributed by atoms with Gasteiger partial charge in [-0.2, -0.15) is 0 Å². The van der Waals surface area contributed by atoms with Gasteiger partial charge in [-0.1, -0.05) is 12.1 Å². The Bertz CT molecular complexity index is 640. The molecule has 2 saturated heterocycles. The van der Waals surface area contributed by atoms with Gasteiger partial charge in [-0.15, -0.1) is 24.0 Å². The number of ether oxygens (including phenoxy) is 2. The molecule has 6 nitrogen and oxygen atoms in total. The number of aliphatic imine (C=N–C) groups is 1. The summed E-state index contributed by atoms with van der Waals surface area (Å²) in [5, 5.41) is 3.50. The van der Waals surface area contributed by atoms with Crippen molar-refractivity contribution >= 4 is 29.9 Å². The molecule has 0 bridgehead atoms. The molecule has 3 atom stereocenters. The smallest absolute Gasteiger partial charge is 0.193 e. The van der Waals surface area contributed by atoms with Crippen molar-refractivity contribution in [2.75, 3.05) is 53.0 Å². The lowest BCUT2D eigenvalue weighted by atomic mass is 9.98. The number of morpholine rings is 1. The predicted octanol–water partition coefficient (Wildman–Crippen LogP) is 3.18. The van der Waals surface area contributed by atoms with Crippen molar-refractivity contribution in [3.05, 3.63) is 29.8 Å². The van der Waals surface area contributed by atoms with Crippen LogP contribution in [-0.2, 0) is 4.74 Å². The van der Waals surface area contributed by atoms with Crippen LogP contribution in [0.2, 0.25) is 0 Å². The first kappa shape index (κ1) is 24.2. The van der Waals surface area contributed by atoms with Gasteiger partial charge in [0.1, 0.15) is 5.75 Å². The van der Waals surface area contributed by atoms with Crippen LogP contribution in [0.5, 0.6) is 5.75 Å². The van der Waals surface area contributed by atoms with Gasteiger partial charge in [-0.25, -0.2) is 0 Å². The molecule has 1 N–H and O–H groups in total. The minimum Gasteiger partial charge on any atom is -0.497 e. The summed E-state index contributed by atoms with van der Waals surface area (Å²) in [6, 6.07) is 9.39. The number of nitrogens with one attached hydrogen (secondary N) is 1. The molecule has 2 fully saturated rings. The Morgan fingerprint density at radius 3 is 2.72 bits per heavy atom. The minimum atomic E-state index is 0. The highest BCUT2D eigenvalue weighted by Gasteiger charge is 2.27. The maximum absolute atomic E-state index is 5.57. The van der Waals surface area contributed by atoms with E-state index in [2.05, 4.69) is 60.2 Å². The molecule has 0 radical (unpaired) electrons. The Morgan fingerprint density at radius 1 is 1.31 bits per heavy atom. The second-order valence-electron chi connectivity index (χ2n) is 7.91. The van der Waals surface area contributed by atoms with Crippen LogP contribution in [0.4, 0.5) is 0 Å². The van der Waals surface area contributed by atoms with E-state index in [1.807, 2.05) is 0 Å². The number of guanidine groups is 1. The molecule has 2 heterocycles. The first-order valence-corrected chi connectivity index (χ1v) is 10.6. The summed E-state index contributed by atoms with van der Waals surface area (Å²) in [6.07, 6.45) is 1.16. The van der Waals surface area contributed by atoms with Gasteiger partial charge in [-0.3, -0.25) is 9.89 Å². The fraction of sp³-hybridized carbons (Fsp3) is 0.682. The van der Waals surface area contributed by atoms with Crippen molar-refractivity contribution in [2.45, 2.75) is 45.2 Å². The van der Waals surface area contributed by atoms with Crippen molar-refractivity contribution < 1.29 is 9.47 Å². The number of hydrogen-bond acceptors (Lipinski definition) is 4. The van der Waals surface area contributed by atoms with E-state index in [4.69, 9.17) is 14.5 Å². The summed E-state index contributed by atoms with van der Waals surface area (Å²) in [7, 11) is 1.71. The van der Waals surface area contributed by atoms with Crippen molar-refractivity contribution in [3.8, 4) is 5.75 Å². The Balaban J connectivity index is 0.00000300. The number of rotatable bonds is 6. The molecule has 164 valence electrons. The monoisotopic (exact) mass is 516 g/mol. The summed E-state index contributed by atoms with van der Waals surface area (Å²) in [4.78, 5) is 9.91. The van der Waals surface area contributed by atoms with Gasteiger partial charge in [0.25, 0.3) is 0 Å². The van der Waals surface area contributed by atoms with Gasteiger partial charge >= 0.3 is 0 Å². The zero-order valence-corrected chi connectivity index (χ0v) is 20.6. The Kier molecular flexibility index (Phi) is 9.98. The molecule has 1 aromatic carbocycles. The van der Waals surface area contributed by atoms with Gasteiger partial charge in [0, 0.05) is 44.2 Å². The van der Waals surface area contributed by atoms with E-state index in [0.29, 0.717) is 18.0 Å². The third kappa shape index (κ3) is 6.46. The molecule has 1 aromatic rings. The average Bonchev–Trinajstić information content (AvgIpc) is 3.21. The summed E-state index contributed by atoms with van der Waals surface area (Å²) < 4.78 is 10.9. The predicted molar refractivity (Wildman–Crippen MR) is 130 cm³/mol. The van der Waals surface area contributed by atoms with E-state index in [9.17, 15) is 0 Å². The molecule has 0 amide bonds. The minimum absolute atomic E-state index is 0. The van der Waals surface area contributed by atoms with Gasteiger partial charge in [0.15, 0.2) is 5.96 Å². The van der Waals surface area contributed by atoms with Crippen molar-refractivity contribution in [3.63, 3.8) is 0 Å². The zero-order chi connectivity index (χ0) is 19.9. The topological polar surface area (TPSA) is 49.3 Å². The number of hydrogen-bond donors (Lipinski definition) is 1. The average molecular weight is 516 g/mol. The first-order chi connectivity index (χ1) is 13.6. The number of benzene rings is 1. The Hall–Kier alpha value is -1.06. The van der Waals surface area contributed by atoms with E-state index in [1.54, 1.807) is 7.11 Å². The lowest BCUT2D eigenvalue weighted by Gasteiger charge is -2.37. The van der Waals surface area contributed by atoms with Crippen LogP contribution in [0, 0.1) is 0 Å². The molecule has 0 spiro atoms. The van der Waals surface area contributed by atoms with Crippen LogP contribution in [0.25, 0.3) is 0 Å². The number of methoxy groups -OCH3 is 1. The van der Waals surface area contributed by atoms with Crippen molar-refractivity contribution in [1.29, 1.82) is 0 Å². The van der Waals surface area contributed by atoms with Crippen LogP contribution in [0.3, 0.4) is 0 Å². The molecule has 0 saturated carbocycles. The Morgan fingerprint density at radius 2 is 2.07 bits per heavy atom. The lowest BCUT2D eigenvalue weighted by molar-refractivity contribution is -0.0166. The SMILES string of the molecule is CCNC(=NCC(C)N1CCOCC1C)N1CCC(c2ccc(OC)cc2)C1.I. The van der Waals surface area contributed by atoms with Crippen LogP contribution >= 0.6 is 24.0 Å². The van der Waals surface area contributed by atoms with Gasteiger partial charge in [0.05, 0.1) is 26.9 Å². The van der Waals surface area contributed by atoms with Crippen molar-refractivity contribution in [1.82, 2.24) is 15.1 Å². The van der Waals surface area contributed by atoms with Crippen LogP contribution in [0.1, 0.15) is 38.7 Å². The second kappa shape index (κ2) is 12.0. The fourth-order valence-corrected chi connectivity index (χ4v) is 4.24. The van der Waals surface area contributed by atoms with Crippen molar-refractivity contribution in [2.24, 2.45) is 4.99 Å². The highest BCUT2D eigenvalue weighted by atomic mass is 127. The van der Waals surface area contributed by atoms with Gasteiger partial charge in [-0.05, 0) is 44.9 Å². The maximum Gasteiger partial charge on any atom is 0.193 e. The summed E-state index contributed by atoms with van der Waals surface area (Å²) in [6.45, 7) is 13.1. The molecule has 7 heteroatoms. The summed E-state index contributed by atoms with van der Waals surface area (Å²) >= 11 is 0. The summed E-state index contributed by atoms with van der Waals surface area (Å²) in [5.41, 5.74) is 1.38. The molecular weight excluding hydrogens is 479 g/mol. The number of likely N-dealkylation sites (tertiary alicyclic amines) is 1. The maximum atomic E-state index is 5.57. The van der Waals surface area contributed by atoms with Crippen LogP contribution in [0.15, 0.2) is 29.3 Å². The normalized spacial score (nSPS) is 24.1. The molecule has 29 heavy (non-hydrogen) atoms. The van der Waals surface area contributed by atoms with Crippen LogP contribution < -0.4 is 10.1 Å². The highest BCUT2D eigenvalue weighted by molar-refractivity contribution is 14.0. The highest BCUT2D eigenvalue weighted by Crippen LogP contribution is 2.28. The number of halogens is 1. The standard InChI is InChI=1S/C22H36N4O2.HI/c1-5-23-22(24-14-17(2)26-12-13-28-16-18(26)3)25-11-10-20(15-25)19-6-8-21(27-4)9-7-19;/h6-9,17-18,20H,5,10-16H2,1-4H3,(H,23,24);1H. The molecule has 3 rings (SSSR count). The molecule has 0 aromatic heterocycles. The molecular formula is C22H37IN4O2. The molecule has 2 aliphatic rings. The molecule has 3 unspecified atom stereocenters. The second-order valence-corrected chi connectivity index (χ2v) is 7.91. The van der Waals surface area contributed by atoms with Gasteiger partial charge < -0.3 is 19.7 Å². The quantitative estimate of drug-likeness (QED) is 0.358. The third-order valence-electron chi connectivity index (χ3n) is 5.90. The Labute approximate surface area is 193 Å². The third-order valence-corrected chi connectivity index (χ3v) is 5.90. The molecule has 0 aliphatic carbocycles. The van der Waals surface area contributed by atoms with E-state index >= 15 is 0 Å². The van der Waals surface area contributed by atoms with Gasteiger partial charge in [0.2, 0.25) is 0 Å². The zero-order valence-electron chi connectivity index (χ0n) is 18.3. The first-order valence-electron chi connectivity index (χ1n) is 10.6. The van der Waals surface area contributed by atoms with Crippen LogP contribution in [-0.4, -0.2) is 80.9 Å². The fourth-order valence-electron chi connectivity index (χ4n) is 4.24. The number of nitrogens with zero attached hydrogens (tertiary/aromatic N) is 3. The lowest BCUT2D eigenvalue weighted by Crippen LogP contribution is -2.49. The van der Waals surface area contributed by atoms with E-state index in [-0.39, 0.29) is 24.0 Å². The summed E-state index contributed by atoms with van der Waals surface area (Å²) in [5.74, 6) is 2.51. The van der Waals surface area contributed by atoms with E-state index in [0.717, 1.165) is 64.1 Å². The molecule has 2 aliphatic heterocycles.